The van der Waals surface area contributed by atoms with E-state index in [9.17, 15) is 0 Å². The molecule has 0 saturated carbocycles. The third-order valence-electron chi connectivity index (χ3n) is 3.05. The van der Waals surface area contributed by atoms with Gasteiger partial charge in [0.1, 0.15) is 5.82 Å². The molecule has 3 nitrogen and oxygen atoms in total. The molecule has 0 aliphatic carbocycles. The fraction of sp³-hybridized carbons (Fsp3) is 0.467. The van der Waals surface area contributed by atoms with Gasteiger partial charge in [0.25, 0.3) is 0 Å². The maximum absolute atomic E-state index is 4.74. The highest BCUT2D eigenvalue weighted by atomic mass is 79.9. The van der Waals surface area contributed by atoms with E-state index < -0.39 is 0 Å². The number of rotatable bonds is 6. The summed E-state index contributed by atoms with van der Waals surface area (Å²) in [6.45, 7) is 7.35. The quantitative estimate of drug-likeness (QED) is 0.789. The fourth-order valence-corrected chi connectivity index (χ4v) is 3.31. The number of hydrogen-bond acceptors (Lipinski definition) is 4. The van der Waals surface area contributed by atoms with Gasteiger partial charge in [-0.1, -0.05) is 20.3 Å². The third-order valence-corrected chi connectivity index (χ3v) is 4.74. The van der Waals surface area contributed by atoms with Crippen LogP contribution in [-0.2, 0) is 6.42 Å². The lowest BCUT2D eigenvalue weighted by atomic mass is 10.2. The molecule has 0 amide bonds. The molecule has 0 fully saturated rings. The predicted molar refractivity (Wildman–Crippen MR) is 90.6 cm³/mol. The zero-order valence-corrected chi connectivity index (χ0v) is 14.6. The largest absolute Gasteiger partial charge is 0.369 e. The van der Waals surface area contributed by atoms with Gasteiger partial charge in [0, 0.05) is 17.5 Å². The molecule has 0 atom stereocenters. The van der Waals surface area contributed by atoms with Gasteiger partial charge in [-0.25, -0.2) is 9.97 Å². The van der Waals surface area contributed by atoms with Crippen LogP contribution in [-0.4, -0.2) is 16.5 Å². The molecule has 0 aliphatic rings. The molecule has 0 spiro atoms. The van der Waals surface area contributed by atoms with Gasteiger partial charge in [0.15, 0.2) is 5.82 Å². The van der Waals surface area contributed by atoms with Crippen LogP contribution >= 0.6 is 27.3 Å². The van der Waals surface area contributed by atoms with Crippen molar-refractivity contribution in [2.24, 2.45) is 0 Å². The van der Waals surface area contributed by atoms with Crippen molar-refractivity contribution < 1.29 is 0 Å². The molecule has 0 radical (unpaired) electrons. The standard InChI is InChI=1S/C15H20BrN3S/c1-4-6-12-13(16)15(17-7-5-2)19-14(18-12)11-9-20-8-10(11)3/h8-9H,4-7H2,1-3H3,(H,17,18,19). The average molecular weight is 354 g/mol. The van der Waals surface area contributed by atoms with Crippen molar-refractivity contribution in [3.8, 4) is 11.4 Å². The van der Waals surface area contributed by atoms with Gasteiger partial charge in [0.2, 0.25) is 0 Å². The normalized spacial score (nSPS) is 10.8. The van der Waals surface area contributed by atoms with E-state index in [0.717, 1.165) is 53.2 Å². The Morgan fingerprint density at radius 3 is 2.60 bits per heavy atom. The maximum atomic E-state index is 4.74. The first-order valence-corrected chi connectivity index (χ1v) is 8.74. The highest BCUT2D eigenvalue weighted by molar-refractivity contribution is 9.10. The summed E-state index contributed by atoms with van der Waals surface area (Å²) in [5, 5.41) is 7.65. The van der Waals surface area contributed by atoms with E-state index in [2.05, 4.69) is 52.8 Å². The summed E-state index contributed by atoms with van der Waals surface area (Å²) in [4.78, 5) is 9.44. The first-order chi connectivity index (χ1) is 9.67. The summed E-state index contributed by atoms with van der Waals surface area (Å²) in [6, 6.07) is 0. The van der Waals surface area contributed by atoms with E-state index in [1.54, 1.807) is 11.3 Å². The first kappa shape index (κ1) is 15.4. The van der Waals surface area contributed by atoms with Gasteiger partial charge in [-0.05, 0) is 46.6 Å². The first-order valence-electron chi connectivity index (χ1n) is 7.00. The molecule has 20 heavy (non-hydrogen) atoms. The summed E-state index contributed by atoms with van der Waals surface area (Å²) < 4.78 is 1.00. The molecule has 2 aromatic rings. The molecular weight excluding hydrogens is 334 g/mol. The van der Waals surface area contributed by atoms with Crippen molar-refractivity contribution in [2.75, 3.05) is 11.9 Å². The number of aromatic nitrogens is 2. The minimum atomic E-state index is 0.828. The molecule has 2 aromatic heterocycles. The van der Waals surface area contributed by atoms with Crippen LogP contribution in [0.1, 0.15) is 37.9 Å². The van der Waals surface area contributed by atoms with Gasteiger partial charge in [0.05, 0.1) is 10.2 Å². The van der Waals surface area contributed by atoms with Gasteiger partial charge in [-0.15, -0.1) is 0 Å². The van der Waals surface area contributed by atoms with Crippen LogP contribution in [0.25, 0.3) is 11.4 Å². The number of anilines is 1. The Morgan fingerprint density at radius 1 is 1.20 bits per heavy atom. The third kappa shape index (κ3) is 3.38. The molecule has 2 heterocycles. The summed E-state index contributed by atoms with van der Waals surface area (Å²) in [7, 11) is 0. The van der Waals surface area contributed by atoms with Crippen LogP contribution < -0.4 is 5.32 Å². The molecule has 0 aliphatic heterocycles. The Bertz CT molecular complexity index is 580. The molecule has 2 rings (SSSR count). The monoisotopic (exact) mass is 353 g/mol. The summed E-state index contributed by atoms with van der Waals surface area (Å²) in [6.07, 6.45) is 3.11. The van der Waals surface area contributed by atoms with Crippen LogP contribution in [0.3, 0.4) is 0 Å². The van der Waals surface area contributed by atoms with Crippen molar-refractivity contribution in [1.29, 1.82) is 0 Å². The molecule has 1 N–H and O–H groups in total. The Morgan fingerprint density at radius 2 is 2.00 bits per heavy atom. The molecule has 0 aromatic carbocycles. The molecule has 5 heteroatoms. The second-order valence-corrected chi connectivity index (χ2v) is 6.34. The van der Waals surface area contributed by atoms with Gasteiger partial charge < -0.3 is 5.32 Å². The van der Waals surface area contributed by atoms with Crippen LogP contribution in [0, 0.1) is 6.92 Å². The molecule has 108 valence electrons. The smallest absolute Gasteiger partial charge is 0.162 e. The van der Waals surface area contributed by atoms with E-state index in [1.165, 1.54) is 5.56 Å². The SMILES string of the molecule is CCCNc1nc(-c2cscc2C)nc(CCC)c1Br. The van der Waals surface area contributed by atoms with E-state index in [-0.39, 0.29) is 0 Å². The van der Waals surface area contributed by atoms with Crippen molar-refractivity contribution in [1.82, 2.24) is 9.97 Å². The topological polar surface area (TPSA) is 37.8 Å². The fourth-order valence-electron chi connectivity index (χ4n) is 1.97. The number of thiophene rings is 1. The lowest BCUT2D eigenvalue weighted by Crippen LogP contribution is -2.07. The zero-order chi connectivity index (χ0) is 14.5. The number of halogens is 1. The Labute approximate surface area is 133 Å². The Hall–Kier alpha value is -0.940. The van der Waals surface area contributed by atoms with Crippen molar-refractivity contribution in [2.45, 2.75) is 40.0 Å². The minimum absolute atomic E-state index is 0.828. The maximum Gasteiger partial charge on any atom is 0.162 e. The van der Waals surface area contributed by atoms with Crippen molar-refractivity contribution in [3.05, 3.63) is 26.5 Å². The van der Waals surface area contributed by atoms with Crippen LogP contribution in [0.5, 0.6) is 0 Å². The second-order valence-electron chi connectivity index (χ2n) is 4.80. The van der Waals surface area contributed by atoms with E-state index in [0.29, 0.717) is 0 Å². The lowest BCUT2D eigenvalue weighted by Gasteiger charge is -2.12. The number of aryl methyl sites for hydroxylation is 2. The summed E-state index contributed by atoms with van der Waals surface area (Å²) in [5.74, 6) is 1.74. The van der Waals surface area contributed by atoms with Gasteiger partial charge >= 0.3 is 0 Å². The highest BCUT2D eigenvalue weighted by Crippen LogP contribution is 2.30. The Balaban J connectivity index is 2.46. The predicted octanol–water partition coefficient (Wildman–Crippen LogP) is 5.05. The zero-order valence-electron chi connectivity index (χ0n) is 12.2. The summed E-state index contributed by atoms with van der Waals surface area (Å²) in [5.41, 5.74) is 3.46. The van der Waals surface area contributed by atoms with Crippen LogP contribution in [0.4, 0.5) is 5.82 Å². The average Bonchev–Trinajstić information content (AvgIpc) is 2.86. The minimum Gasteiger partial charge on any atom is -0.369 e. The van der Waals surface area contributed by atoms with Crippen molar-refractivity contribution >= 4 is 33.1 Å². The summed E-state index contributed by atoms with van der Waals surface area (Å²) >= 11 is 5.34. The second kappa shape index (κ2) is 7.18. The van der Waals surface area contributed by atoms with Crippen LogP contribution in [0.2, 0.25) is 0 Å². The number of hydrogen-bond donors (Lipinski definition) is 1. The number of nitrogens with one attached hydrogen (secondary N) is 1. The Kier molecular flexibility index (Phi) is 5.54. The number of nitrogens with zero attached hydrogens (tertiary/aromatic N) is 2. The molecule has 0 unspecified atom stereocenters. The highest BCUT2D eigenvalue weighted by Gasteiger charge is 2.14. The van der Waals surface area contributed by atoms with Gasteiger partial charge in [-0.3, -0.25) is 0 Å². The van der Waals surface area contributed by atoms with Crippen molar-refractivity contribution in [3.63, 3.8) is 0 Å². The van der Waals surface area contributed by atoms with E-state index in [4.69, 9.17) is 9.97 Å². The molecular formula is C15H20BrN3S. The van der Waals surface area contributed by atoms with E-state index in [1.807, 2.05) is 0 Å². The van der Waals surface area contributed by atoms with Gasteiger partial charge in [-0.2, -0.15) is 11.3 Å². The van der Waals surface area contributed by atoms with Crippen LogP contribution in [0.15, 0.2) is 15.2 Å². The van der Waals surface area contributed by atoms with E-state index >= 15 is 0 Å². The molecule has 0 saturated heterocycles. The molecule has 0 bridgehead atoms. The lowest BCUT2D eigenvalue weighted by molar-refractivity contribution is 0.864.